The summed E-state index contributed by atoms with van der Waals surface area (Å²) in [6.07, 6.45) is 2.32. The number of carbonyl (C=O) groups excluding carboxylic acids is 1. The monoisotopic (exact) mass is 333 g/mol. The lowest BCUT2D eigenvalue weighted by molar-refractivity contribution is -0.146. The Morgan fingerprint density at radius 1 is 1.33 bits per heavy atom. The quantitative estimate of drug-likeness (QED) is 0.875. The third-order valence-electron chi connectivity index (χ3n) is 4.89. The van der Waals surface area contributed by atoms with E-state index in [2.05, 4.69) is 22.3 Å². The SMILES string of the molecule is COc1cccc(N2CCC(NC[C@@H]3CN(C)C(=O)CO3)CC2)c1. The normalized spacial score (nSPS) is 22.8. The van der Waals surface area contributed by atoms with Crippen LogP contribution in [0, 0.1) is 0 Å². The van der Waals surface area contributed by atoms with E-state index in [-0.39, 0.29) is 18.6 Å². The lowest BCUT2D eigenvalue weighted by Gasteiger charge is -2.36. The number of rotatable bonds is 5. The number of benzene rings is 1. The van der Waals surface area contributed by atoms with E-state index in [0.717, 1.165) is 38.2 Å². The minimum atomic E-state index is 0.0675. The summed E-state index contributed by atoms with van der Waals surface area (Å²) in [7, 11) is 3.54. The molecule has 1 amide bonds. The molecule has 1 atom stereocenters. The Balaban J connectivity index is 1.43. The molecule has 6 nitrogen and oxygen atoms in total. The molecule has 1 aromatic rings. The van der Waals surface area contributed by atoms with Crippen molar-refractivity contribution in [2.45, 2.75) is 25.0 Å². The van der Waals surface area contributed by atoms with E-state index in [1.807, 2.05) is 19.2 Å². The predicted molar refractivity (Wildman–Crippen MR) is 93.6 cm³/mol. The molecule has 6 heteroatoms. The average Bonchev–Trinajstić information content (AvgIpc) is 2.63. The zero-order valence-corrected chi connectivity index (χ0v) is 14.5. The molecular weight excluding hydrogens is 306 g/mol. The Bertz CT molecular complexity index is 558. The number of hydrogen-bond acceptors (Lipinski definition) is 5. The third-order valence-corrected chi connectivity index (χ3v) is 4.89. The maximum absolute atomic E-state index is 11.4. The molecule has 0 aromatic heterocycles. The van der Waals surface area contributed by atoms with Gasteiger partial charge in [-0.05, 0) is 25.0 Å². The smallest absolute Gasteiger partial charge is 0.248 e. The van der Waals surface area contributed by atoms with Crippen LogP contribution in [0.1, 0.15) is 12.8 Å². The Hall–Kier alpha value is -1.79. The second-order valence-electron chi connectivity index (χ2n) is 6.58. The second-order valence-corrected chi connectivity index (χ2v) is 6.58. The van der Waals surface area contributed by atoms with E-state index in [4.69, 9.17) is 9.47 Å². The summed E-state index contributed by atoms with van der Waals surface area (Å²) in [5.41, 5.74) is 1.23. The van der Waals surface area contributed by atoms with Gasteiger partial charge >= 0.3 is 0 Å². The number of nitrogens with zero attached hydrogens (tertiary/aromatic N) is 2. The molecule has 1 aromatic carbocycles. The predicted octanol–water partition coefficient (Wildman–Crippen LogP) is 1.11. The Morgan fingerprint density at radius 3 is 2.83 bits per heavy atom. The lowest BCUT2D eigenvalue weighted by atomic mass is 10.0. The second kappa shape index (κ2) is 7.85. The Labute approximate surface area is 143 Å². The largest absolute Gasteiger partial charge is 0.497 e. The van der Waals surface area contributed by atoms with Crippen LogP contribution in [-0.4, -0.2) is 69.9 Å². The summed E-state index contributed by atoms with van der Waals surface area (Å²) >= 11 is 0. The zero-order valence-electron chi connectivity index (χ0n) is 14.5. The summed E-state index contributed by atoms with van der Waals surface area (Å²) < 4.78 is 10.9. The molecule has 0 radical (unpaired) electrons. The van der Waals surface area contributed by atoms with Gasteiger partial charge in [0.2, 0.25) is 5.91 Å². The maximum atomic E-state index is 11.4. The number of carbonyl (C=O) groups is 1. The van der Waals surface area contributed by atoms with Crippen LogP contribution in [0.25, 0.3) is 0 Å². The van der Waals surface area contributed by atoms with E-state index in [0.29, 0.717) is 12.6 Å². The molecule has 0 saturated carbocycles. The molecule has 2 heterocycles. The molecule has 1 N–H and O–H groups in total. The highest BCUT2D eigenvalue weighted by Crippen LogP contribution is 2.24. The fourth-order valence-corrected chi connectivity index (χ4v) is 3.33. The van der Waals surface area contributed by atoms with Crippen LogP contribution in [0.4, 0.5) is 5.69 Å². The van der Waals surface area contributed by atoms with Crippen molar-refractivity contribution in [3.63, 3.8) is 0 Å². The first kappa shape index (κ1) is 17.0. The first-order chi connectivity index (χ1) is 11.7. The highest BCUT2D eigenvalue weighted by atomic mass is 16.5. The molecule has 0 unspecified atom stereocenters. The van der Waals surface area contributed by atoms with Crippen molar-refractivity contribution in [2.24, 2.45) is 0 Å². The van der Waals surface area contributed by atoms with Crippen molar-refractivity contribution < 1.29 is 14.3 Å². The topological polar surface area (TPSA) is 54.0 Å². The van der Waals surface area contributed by atoms with Crippen LogP contribution in [0.15, 0.2) is 24.3 Å². The molecule has 2 aliphatic heterocycles. The molecule has 2 aliphatic rings. The highest BCUT2D eigenvalue weighted by Gasteiger charge is 2.25. The van der Waals surface area contributed by atoms with E-state index >= 15 is 0 Å². The van der Waals surface area contributed by atoms with Gasteiger partial charge in [0.1, 0.15) is 12.4 Å². The summed E-state index contributed by atoms with van der Waals surface area (Å²) in [6.45, 7) is 3.76. The van der Waals surface area contributed by atoms with Crippen LogP contribution in [0.2, 0.25) is 0 Å². The first-order valence-corrected chi connectivity index (χ1v) is 8.63. The molecule has 0 bridgehead atoms. The molecule has 2 saturated heterocycles. The van der Waals surface area contributed by atoms with Gasteiger partial charge in [-0.3, -0.25) is 4.79 Å². The fraction of sp³-hybridized carbons (Fsp3) is 0.611. The average molecular weight is 333 g/mol. The van der Waals surface area contributed by atoms with Gasteiger partial charge in [0.25, 0.3) is 0 Å². The fourth-order valence-electron chi connectivity index (χ4n) is 3.33. The minimum absolute atomic E-state index is 0.0675. The molecule has 132 valence electrons. The van der Waals surface area contributed by atoms with Gasteiger partial charge in [-0.25, -0.2) is 0 Å². The van der Waals surface area contributed by atoms with Gasteiger partial charge in [0, 0.05) is 51.0 Å². The van der Waals surface area contributed by atoms with Gasteiger partial charge < -0.3 is 24.6 Å². The van der Waals surface area contributed by atoms with Crippen molar-refractivity contribution in [1.82, 2.24) is 10.2 Å². The first-order valence-electron chi connectivity index (χ1n) is 8.63. The molecule has 3 rings (SSSR count). The minimum Gasteiger partial charge on any atom is -0.497 e. The summed E-state index contributed by atoms with van der Waals surface area (Å²) in [5.74, 6) is 0.971. The number of likely N-dealkylation sites (N-methyl/N-ethyl adjacent to an activating group) is 1. The van der Waals surface area contributed by atoms with Crippen LogP contribution >= 0.6 is 0 Å². The maximum Gasteiger partial charge on any atom is 0.248 e. The lowest BCUT2D eigenvalue weighted by Crippen LogP contribution is -2.51. The number of methoxy groups -OCH3 is 1. The Morgan fingerprint density at radius 2 is 2.12 bits per heavy atom. The van der Waals surface area contributed by atoms with Crippen LogP contribution in [-0.2, 0) is 9.53 Å². The third kappa shape index (κ3) is 4.19. The summed E-state index contributed by atoms with van der Waals surface area (Å²) in [4.78, 5) is 15.6. The zero-order chi connectivity index (χ0) is 16.9. The van der Waals surface area contributed by atoms with Gasteiger partial charge in [-0.1, -0.05) is 6.07 Å². The van der Waals surface area contributed by atoms with E-state index in [1.165, 1.54) is 5.69 Å². The Kier molecular flexibility index (Phi) is 5.58. The van der Waals surface area contributed by atoms with E-state index in [9.17, 15) is 4.79 Å². The number of piperidine rings is 1. The number of ether oxygens (including phenoxy) is 2. The summed E-state index contributed by atoms with van der Waals surface area (Å²) in [5, 5.41) is 3.61. The van der Waals surface area contributed by atoms with Crippen molar-refractivity contribution in [2.75, 3.05) is 51.8 Å². The van der Waals surface area contributed by atoms with Crippen LogP contribution in [0.5, 0.6) is 5.75 Å². The standard InChI is InChI=1S/C18H27N3O3/c1-20-12-17(24-13-18(20)22)11-19-14-6-8-21(9-7-14)15-4-3-5-16(10-15)23-2/h3-5,10,14,17,19H,6-9,11-13H2,1-2H3/t17-/m1/s1. The van der Waals surface area contributed by atoms with Crippen LogP contribution in [0.3, 0.4) is 0 Å². The molecule has 2 fully saturated rings. The number of nitrogens with one attached hydrogen (secondary N) is 1. The molecule has 0 aliphatic carbocycles. The van der Waals surface area contributed by atoms with Gasteiger partial charge in [-0.2, -0.15) is 0 Å². The van der Waals surface area contributed by atoms with E-state index in [1.54, 1.807) is 12.0 Å². The number of hydrogen-bond donors (Lipinski definition) is 1. The highest BCUT2D eigenvalue weighted by molar-refractivity contribution is 5.77. The van der Waals surface area contributed by atoms with Crippen molar-refractivity contribution in [3.05, 3.63) is 24.3 Å². The van der Waals surface area contributed by atoms with Crippen molar-refractivity contribution in [3.8, 4) is 5.75 Å². The van der Waals surface area contributed by atoms with Gasteiger partial charge in [-0.15, -0.1) is 0 Å². The van der Waals surface area contributed by atoms with Crippen molar-refractivity contribution in [1.29, 1.82) is 0 Å². The number of morpholine rings is 1. The van der Waals surface area contributed by atoms with Crippen LogP contribution < -0.4 is 15.0 Å². The van der Waals surface area contributed by atoms with Crippen molar-refractivity contribution >= 4 is 11.6 Å². The van der Waals surface area contributed by atoms with Gasteiger partial charge in [0.05, 0.1) is 13.2 Å². The van der Waals surface area contributed by atoms with Gasteiger partial charge in [0.15, 0.2) is 0 Å². The van der Waals surface area contributed by atoms with E-state index < -0.39 is 0 Å². The number of anilines is 1. The number of amides is 1. The molecule has 0 spiro atoms. The molecule has 24 heavy (non-hydrogen) atoms. The summed E-state index contributed by atoms with van der Waals surface area (Å²) in [6, 6.07) is 8.76. The molecular formula is C18H27N3O3.